The summed E-state index contributed by atoms with van der Waals surface area (Å²) in [5.41, 5.74) is 1.53. The summed E-state index contributed by atoms with van der Waals surface area (Å²) < 4.78 is 0. The van der Waals surface area contributed by atoms with Gasteiger partial charge in [0.15, 0.2) is 0 Å². The first kappa shape index (κ1) is 9.74. The molecule has 0 aromatic rings. The van der Waals surface area contributed by atoms with E-state index in [1.807, 2.05) is 0 Å². The van der Waals surface area contributed by atoms with Crippen molar-refractivity contribution in [1.29, 1.82) is 0 Å². The normalized spacial score (nSPS) is 13.3. The van der Waals surface area contributed by atoms with Gasteiger partial charge in [-0.05, 0) is 25.2 Å². The van der Waals surface area contributed by atoms with Gasteiger partial charge in [-0.25, -0.2) is 0 Å². The molecule has 0 aromatic carbocycles. The molecule has 0 spiro atoms. The van der Waals surface area contributed by atoms with Gasteiger partial charge in [0.25, 0.3) is 0 Å². The van der Waals surface area contributed by atoms with E-state index in [9.17, 15) is 0 Å². The molecule has 0 rings (SSSR count). The van der Waals surface area contributed by atoms with E-state index in [-0.39, 0.29) is 0 Å². The quantitative estimate of drug-likeness (QED) is 0.525. The van der Waals surface area contributed by atoms with Crippen LogP contribution in [0.4, 0.5) is 0 Å². The maximum Gasteiger partial charge on any atom is -0.0288 e. The maximum absolute atomic E-state index is 2.35. The number of hydrogen-bond acceptors (Lipinski definition) is 0. The van der Waals surface area contributed by atoms with Gasteiger partial charge < -0.3 is 0 Å². The van der Waals surface area contributed by atoms with E-state index in [4.69, 9.17) is 0 Å². The second-order valence-electron chi connectivity index (χ2n) is 3.86. The summed E-state index contributed by atoms with van der Waals surface area (Å²) in [5, 5.41) is 0. The SMILES string of the molecule is C/C(=C/C(C)C)CC(C)C. The van der Waals surface area contributed by atoms with Crippen molar-refractivity contribution < 1.29 is 0 Å². The van der Waals surface area contributed by atoms with Gasteiger partial charge in [0.1, 0.15) is 0 Å². The molecule has 0 bridgehead atoms. The van der Waals surface area contributed by atoms with Gasteiger partial charge in [-0.1, -0.05) is 39.3 Å². The van der Waals surface area contributed by atoms with E-state index in [0.717, 1.165) is 5.92 Å². The summed E-state index contributed by atoms with van der Waals surface area (Å²) in [7, 11) is 0. The summed E-state index contributed by atoms with van der Waals surface area (Å²) in [6.07, 6.45) is 3.60. The van der Waals surface area contributed by atoms with E-state index in [0.29, 0.717) is 5.92 Å². The Kier molecular flexibility index (Phi) is 4.42. The second kappa shape index (κ2) is 4.54. The maximum atomic E-state index is 2.35. The molecule has 0 radical (unpaired) electrons. The van der Waals surface area contributed by atoms with Crippen LogP contribution in [0.15, 0.2) is 11.6 Å². The van der Waals surface area contributed by atoms with Crippen molar-refractivity contribution in [3.63, 3.8) is 0 Å². The molecular formula is C10H20. The molecule has 0 nitrogen and oxygen atoms in total. The molecular weight excluding hydrogens is 120 g/mol. The van der Waals surface area contributed by atoms with Crippen LogP contribution >= 0.6 is 0 Å². The first-order valence-electron chi connectivity index (χ1n) is 4.19. The fourth-order valence-corrected chi connectivity index (χ4v) is 1.28. The Hall–Kier alpha value is -0.260. The molecule has 0 aliphatic carbocycles. The standard InChI is InChI=1S/C10H20/c1-8(2)6-10(5)7-9(3)4/h6,8-9H,7H2,1-5H3/b10-6-. The van der Waals surface area contributed by atoms with Crippen molar-refractivity contribution in [3.05, 3.63) is 11.6 Å². The van der Waals surface area contributed by atoms with Crippen molar-refractivity contribution in [2.75, 3.05) is 0 Å². The fraction of sp³-hybridized carbons (Fsp3) is 0.800. The molecule has 0 aliphatic heterocycles. The summed E-state index contributed by atoms with van der Waals surface area (Å²) in [5.74, 6) is 1.51. The lowest BCUT2D eigenvalue weighted by Crippen LogP contribution is -1.90. The molecule has 0 aliphatic rings. The zero-order valence-corrected chi connectivity index (χ0v) is 7.94. The Morgan fingerprint density at radius 2 is 1.70 bits per heavy atom. The van der Waals surface area contributed by atoms with Crippen molar-refractivity contribution in [2.24, 2.45) is 11.8 Å². The van der Waals surface area contributed by atoms with Gasteiger partial charge in [0, 0.05) is 0 Å². The van der Waals surface area contributed by atoms with Crippen LogP contribution in [0.5, 0.6) is 0 Å². The van der Waals surface area contributed by atoms with Crippen LogP contribution in [0.25, 0.3) is 0 Å². The smallest absolute Gasteiger partial charge is 0.0288 e. The minimum absolute atomic E-state index is 0.707. The molecule has 0 heteroatoms. The molecule has 0 saturated carbocycles. The predicted molar refractivity (Wildman–Crippen MR) is 48.1 cm³/mol. The van der Waals surface area contributed by atoms with Crippen molar-refractivity contribution >= 4 is 0 Å². The molecule has 10 heavy (non-hydrogen) atoms. The molecule has 0 aromatic heterocycles. The van der Waals surface area contributed by atoms with Gasteiger partial charge in [-0.15, -0.1) is 0 Å². The number of hydrogen-bond donors (Lipinski definition) is 0. The summed E-state index contributed by atoms with van der Waals surface area (Å²) in [4.78, 5) is 0. The average Bonchev–Trinajstić information content (AvgIpc) is 1.58. The molecule has 0 N–H and O–H groups in total. The zero-order chi connectivity index (χ0) is 8.15. The molecule has 60 valence electrons. The first-order valence-corrected chi connectivity index (χ1v) is 4.19. The highest BCUT2D eigenvalue weighted by molar-refractivity contribution is 4.99. The monoisotopic (exact) mass is 140 g/mol. The largest absolute Gasteiger partial charge is 0.0830 e. The average molecular weight is 140 g/mol. The second-order valence-corrected chi connectivity index (χ2v) is 3.86. The lowest BCUT2D eigenvalue weighted by atomic mass is 10.0. The molecule has 0 fully saturated rings. The van der Waals surface area contributed by atoms with Gasteiger partial charge in [0.2, 0.25) is 0 Å². The van der Waals surface area contributed by atoms with Crippen LogP contribution in [-0.2, 0) is 0 Å². The molecule has 0 saturated heterocycles. The molecule has 0 heterocycles. The minimum atomic E-state index is 0.707. The summed E-state index contributed by atoms with van der Waals surface area (Å²) >= 11 is 0. The van der Waals surface area contributed by atoms with Crippen LogP contribution in [0.3, 0.4) is 0 Å². The van der Waals surface area contributed by atoms with Gasteiger partial charge in [0.05, 0.1) is 0 Å². The molecule has 0 atom stereocenters. The Labute approximate surface area is 65.3 Å². The highest BCUT2D eigenvalue weighted by atomic mass is 14.0. The summed E-state index contributed by atoms with van der Waals surface area (Å²) in [6.45, 7) is 11.2. The van der Waals surface area contributed by atoms with Crippen LogP contribution in [-0.4, -0.2) is 0 Å². The van der Waals surface area contributed by atoms with Crippen LogP contribution in [0.2, 0.25) is 0 Å². The predicted octanol–water partition coefficient (Wildman–Crippen LogP) is 3.63. The van der Waals surface area contributed by atoms with Crippen LogP contribution < -0.4 is 0 Å². The van der Waals surface area contributed by atoms with E-state index in [1.54, 1.807) is 0 Å². The third-order valence-electron chi connectivity index (χ3n) is 1.35. The third kappa shape index (κ3) is 5.87. The summed E-state index contributed by atoms with van der Waals surface area (Å²) in [6, 6.07) is 0. The first-order chi connectivity index (χ1) is 4.52. The molecule has 0 unspecified atom stereocenters. The minimum Gasteiger partial charge on any atom is -0.0830 e. The fourth-order valence-electron chi connectivity index (χ4n) is 1.28. The Balaban J connectivity index is 3.71. The Morgan fingerprint density at radius 1 is 1.20 bits per heavy atom. The number of rotatable bonds is 3. The van der Waals surface area contributed by atoms with Gasteiger partial charge in [-0.3, -0.25) is 0 Å². The number of allylic oxidation sites excluding steroid dienone is 2. The lowest BCUT2D eigenvalue weighted by molar-refractivity contribution is 0.635. The topological polar surface area (TPSA) is 0 Å². The Morgan fingerprint density at radius 3 is 2.00 bits per heavy atom. The van der Waals surface area contributed by atoms with Crippen molar-refractivity contribution in [3.8, 4) is 0 Å². The van der Waals surface area contributed by atoms with E-state index >= 15 is 0 Å². The lowest BCUT2D eigenvalue weighted by Gasteiger charge is -2.05. The van der Waals surface area contributed by atoms with E-state index < -0.39 is 0 Å². The zero-order valence-electron chi connectivity index (χ0n) is 7.94. The van der Waals surface area contributed by atoms with Gasteiger partial charge >= 0.3 is 0 Å². The van der Waals surface area contributed by atoms with Crippen LogP contribution in [0, 0.1) is 11.8 Å². The van der Waals surface area contributed by atoms with E-state index in [1.165, 1.54) is 12.0 Å². The van der Waals surface area contributed by atoms with E-state index in [2.05, 4.69) is 40.7 Å². The third-order valence-corrected chi connectivity index (χ3v) is 1.35. The highest BCUT2D eigenvalue weighted by Crippen LogP contribution is 2.11. The van der Waals surface area contributed by atoms with Gasteiger partial charge in [-0.2, -0.15) is 0 Å². The van der Waals surface area contributed by atoms with Crippen LogP contribution in [0.1, 0.15) is 41.0 Å². The highest BCUT2D eigenvalue weighted by Gasteiger charge is 1.95. The van der Waals surface area contributed by atoms with Crippen molar-refractivity contribution in [1.82, 2.24) is 0 Å². The Bertz CT molecular complexity index is 107. The van der Waals surface area contributed by atoms with Crippen molar-refractivity contribution in [2.45, 2.75) is 41.0 Å². The molecule has 0 amide bonds.